The van der Waals surface area contributed by atoms with Gasteiger partial charge in [0.25, 0.3) is 0 Å². The third-order valence-electron chi connectivity index (χ3n) is 2.95. The van der Waals surface area contributed by atoms with E-state index in [4.69, 9.17) is 4.74 Å². The molecular formula is C13H21FN4O. The Bertz CT molecular complexity index is 460. The van der Waals surface area contributed by atoms with E-state index in [1.54, 1.807) is 7.05 Å². The van der Waals surface area contributed by atoms with Crippen LogP contribution < -0.4 is 10.2 Å². The molecule has 6 heteroatoms. The van der Waals surface area contributed by atoms with Gasteiger partial charge in [0.1, 0.15) is 0 Å². The maximum absolute atomic E-state index is 13.4. The summed E-state index contributed by atoms with van der Waals surface area (Å²) in [5, 5.41) is 2.73. The van der Waals surface area contributed by atoms with Gasteiger partial charge in [-0.2, -0.15) is 4.98 Å². The van der Waals surface area contributed by atoms with Crippen LogP contribution >= 0.6 is 0 Å². The number of anilines is 2. The molecule has 1 aromatic rings. The van der Waals surface area contributed by atoms with E-state index < -0.39 is 5.82 Å². The van der Waals surface area contributed by atoms with Gasteiger partial charge in [0, 0.05) is 20.1 Å². The Morgan fingerprint density at radius 2 is 1.84 bits per heavy atom. The molecule has 5 nitrogen and oxygen atoms in total. The third kappa shape index (κ3) is 3.12. The van der Waals surface area contributed by atoms with Crippen LogP contribution in [-0.4, -0.2) is 41.3 Å². The molecule has 2 heterocycles. The molecule has 106 valence electrons. The molecule has 0 amide bonds. The van der Waals surface area contributed by atoms with E-state index in [-0.39, 0.29) is 17.0 Å². The summed E-state index contributed by atoms with van der Waals surface area (Å²) in [6.45, 7) is 9.47. The van der Waals surface area contributed by atoms with E-state index >= 15 is 0 Å². The molecule has 1 aliphatic heterocycles. The molecule has 1 N–H and O–H groups in total. The summed E-state index contributed by atoms with van der Waals surface area (Å²) in [5.74, 6) is 0.292. The predicted molar refractivity (Wildman–Crippen MR) is 73.0 cm³/mol. The number of nitrogens with zero attached hydrogens (tertiary/aromatic N) is 3. The highest BCUT2D eigenvalue weighted by Gasteiger charge is 2.39. The number of hydrogen-bond donors (Lipinski definition) is 1. The van der Waals surface area contributed by atoms with Crippen LogP contribution in [0.2, 0.25) is 0 Å². The molecule has 0 unspecified atom stereocenters. The van der Waals surface area contributed by atoms with Crippen molar-refractivity contribution >= 4 is 11.8 Å². The Morgan fingerprint density at radius 3 is 2.37 bits per heavy atom. The van der Waals surface area contributed by atoms with E-state index in [0.29, 0.717) is 19.0 Å². The first-order valence-corrected chi connectivity index (χ1v) is 6.38. The molecule has 0 bridgehead atoms. The lowest BCUT2D eigenvalue weighted by Gasteiger charge is -2.47. The fourth-order valence-electron chi connectivity index (χ4n) is 2.61. The van der Waals surface area contributed by atoms with Gasteiger partial charge in [0.2, 0.25) is 5.95 Å². The van der Waals surface area contributed by atoms with Gasteiger partial charge in [0.15, 0.2) is 11.6 Å². The lowest BCUT2D eigenvalue weighted by atomic mass is 9.99. The van der Waals surface area contributed by atoms with Crippen molar-refractivity contribution in [2.45, 2.75) is 38.9 Å². The third-order valence-corrected chi connectivity index (χ3v) is 2.95. The fourth-order valence-corrected chi connectivity index (χ4v) is 2.61. The quantitative estimate of drug-likeness (QED) is 0.889. The lowest BCUT2D eigenvalue weighted by Crippen LogP contribution is -2.57. The number of morpholine rings is 1. The van der Waals surface area contributed by atoms with Crippen LogP contribution in [0.1, 0.15) is 27.7 Å². The molecule has 0 spiro atoms. The van der Waals surface area contributed by atoms with Crippen LogP contribution in [0.5, 0.6) is 0 Å². The Morgan fingerprint density at radius 1 is 1.26 bits per heavy atom. The van der Waals surface area contributed by atoms with Crippen molar-refractivity contribution in [2.24, 2.45) is 0 Å². The predicted octanol–water partition coefficient (Wildman–Crippen LogP) is 2.05. The molecule has 0 aromatic carbocycles. The molecule has 1 fully saturated rings. The van der Waals surface area contributed by atoms with E-state index in [2.05, 4.69) is 15.3 Å². The second-order valence-electron chi connectivity index (χ2n) is 6.09. The topological polar surface area (TPSA) is 50.3 Å². The highest BCUT2D eigenvalue weighted by molar-refractivity contribution is 5.43. The summed E-state index contributed by atoms with van der Waals surface area (Å²) in [5.41, 5.74) is -0.585. The number of ether oxygens (including phenoxy) is 1. The molecule has 1 aliphatic rings. The van der Waals surface area contributed by atoms with Crippen LogP contribution in [0.15, 0.2) is 6.20 Å². The number of halogens is 1. The Balaban J connectivity index is 2.30. The number of hydrogen-bond acceptors (Lipinski definition) is 5. The Hall–Kier alpha value is -1.43. The lowest BCUT2D eigenvalue weighted by molar-refractivity contribution is -0.133. The SMILES string of the molecule is CNc1nc(N2CC(C)(C)OC(C)(C)C2)ncc1F. The molecule has 0 aliphatic carbocycles. The molecule has 19 heavy (non-hydrogen) atoms. The molecule has 0 saturated carbocycles. The highest BCUT2D eigenvalue weighted by atomic mass is 19.1. The van der Waals surface area contributed by atoms with Gasteiger partial charge >= 0.3 is 0 Å². The van der Waals surface area contributed by atoms with Crippen LogP contribution in [0.3, 0.4) is 0 Å². The number of rotatable bonds is 2. The summed E-state index contributed by atoms with van der Waals surface area (Å²) in [6.07, 6.45) is 1.20. The van der Waals surface area contributed by atoms with E-state index in [1.807, 2.05) is 32.6 Å². The molecule has 2 rings (SSSR count). The van der Waals surface area contributed by atoms with Gasteiger partial charge in [-0.25, -0.2) is 9.37 Å². The van der Waals surface area contributed by atoms with Crippen molar-refractivity contribution < 1.29 is 9.13 Å². The van der Waals surface area contributed by atoms with Gasteiger partial charge in [-0.3, -0.25) is 0 Å². The molecule has 0 radical (unpaired) electrons. The van der Waals surface area contributed by atoms with Crippen LogP contribution in [0, 0.1) is 5.82 Å². The monoisotopic (exact) mass is 268 g/mol. The first-order chi connectivity index (χ1) is 8.72. The first kappa shape index (κ1) is 14.0. The van der Waals surface area contributed by atoms with E-state index in [9.17, 15) is 4.39 Å². The van der Waals surface area contributed by atoms with Crippen LogP contribution in [-0.2, 0) is 4.74 Å². The van der Waals surface area contributed by atoms with Gasteiger partial charge < -0.3 is 15.0 Å². The fraction of sp³-hybridized carbons (Fsp3) is 0.692. The first-order valence-electron chi connectivity index (χ1n) is 6.38. The second-order valence-corrected chi connectivity index (χ2v) is 6.09. The largest absolute Gasteiger partial charge is 0.371 e. The average molecular weight is 268 g/mol. The summed E-state index contributed by atoms with van der Waals surface area (Å²) >= 11 is 0. The molecule has 1 aromatic heterocycles. The van der Waals surface area contributed by atoms with Crippen molar-refractivity contribution in [3.63, 3.8) is 0 Å². The average Bonchev–Trinajstić information content (AvgIpc) is 2.25. The molecular weight excluding hydrogens is 247 g/mol. The van der Waals surface area contributed by atoms with Crippen molar-refractivity contribution in [1.29, 1.82) is 0 Å². The van der Waals surface area contributed by atoms with Gasteiger partial charge in [-0.1, -0.05) is 0 Å². The zero-order valence-electron chi connectivity index (χ0n) is 12.1. The minimum Gasteiger partial charge on any atom is -0.371 e. The second kappa shape index (κ2) is 4.59. The van der Waals surface area contributed by atoms with Crippen LogP contribution in [0.25, 0.3) is 0 Å². The summed E-state index contributed by atoms with van der Waals surface area (Å²) in [6, 6.07) is 0. The van der Waals surface area contributed by atoms with Gasteiger partial charge in [-0.05, 0) is 27.7 Å². The van der Waals surface area contributed by atoms with Gasteiger partial charge in [-0.15, -0.1) is 0 Å². The number of nitrogens with one attached hydrogen (secondary N) is 1. The zero-order chi connectivity index (χ0) is 14.3. The summed E-state index contributed by atoms with van der Waals surface area (Å²) < 4.78 is 19.4. The molecule has 1 saturated heterocycles. The minimum atomic E-state index is -0.446. The normalized spacial score (nSPS) is 21.3. The molecule has 0 atom stereocenters. The zero-order valence-corrected chi connectivity index (χ0v) is 12.1. The minimum absolute atomic E-state index is 0.215. The maximum Gasteiger partial charge on any atom is 0.227 e. The highest BCUT2D eigenvalue weighted by Crippen LogP contribution is 2.30. The maximum atomic E-state index is 13.4. The summed E-state index contributed by atoms with van der Waals surface area (Å²) in [4.78, 5) is 10.3. The Labute approximate surface area is 113 Å². The van der Waals surface area contributed by atoms with Crippen LogP contribution in [0.4, 0.5) is 16.2 Å². The Kier molecular flexibility index (Phi) is 3.38. The van der Waals surface area contributed by atoms with E-state index in [1.165, 1.54) is 6.20 Å². The van der Waals surface area contributed by atoms with Gasteiger partial charge in [0.05, 0.1) is 17.4 Å². The van der Waals surface area contributed by atoms with E-state index in [0.717, 1.165) is 0 Å². The van der Waals surface area contributed by atoms with Crippen molar-refractivity contribution in [3.8, 4) is 0 Å². The van der Waals surface area contributed by atoms with Crippen molar-refractivity contribution in [2.75, 3.05) is 30.4 Å². The van der Waals surface area contributed by atoms with Crippen molar-refractivity contribution in [3.05, 3.63) is 12.0 Å². The smallest absolute Gasteiger partial charge is 0.227 e. The standard InChI is InChI=1S/C13H21FN4O/c1-12(2)7-18(8-13(3,4)19-12)11-16-6-9(14)10(15-5)17-11/h6H,7-8H2,1-5H3,(H,15,16,17). The summed E-state index contributed by atoms with van der Waals surface area (Å²) in [7, 11) is 1.64. The number of aromatic nitrogens is 2. The van der Waals surface area contributed by atoms with Crippen molar-refractivity contribution in [1.82, 2.24) is 9.97 Å².